The summed E-state index contributed by atoms with van der Waals surface area (Å²) in [6, 6.07) is 14.9. The second-order valence-electron chi connectivity index (χ2n) is 6.73. The molecule has 35 heavy (non-hydrogen) atoms. The summed E-state index contributed by atoms with van der Waals surface area (Å²) in [4.78, 5) is -0.457. The molecule has 0 amide bonds. The van der Waals surface area contributed by atoms with Crippen molar-refractivity contribution in [1.29, 1.82) is 0 Å². The molecule has 0 fully saturated rings. The molecule has 0 spiro atoms. The van der Waals surface area contributed by atoms with Gasteiger partial charge in [0.15, 0.2) is 5.75 Å². The van der Waals surface area contributed by atoms with Crippen LogP contribution >= 0.6 is 30.9 Å². The highest BCUT2D eigenvalue weighted by Crippen LogP contribution is 2.59. The lowest BCUT2D eigenvalue weighted by atomic mass is 10.2. The van der Waals surface area contributed by atoms with Gasteiger partial charge in [0.05, 0.1) is 26.2 Å². The topological polar surface area (TPSA) is 139 Å². The van der Waals surface area contributed by atoms with Crippen molar-refractivity contribution in [3.63, 3.8) is 0 Å². The molecule has 0 saturated heterocycles. The number of phenols is 1. The SMILES string of the molecule is COP(=O)(OC)N(c1cc(NS(=O)(=O)c2ccccc2)c(O)c(Cl)c1Cl)S(=O)(=O)c1ccccc1. The van der Waals surface area contributed by atoms with Crippen molar-refractivity contribution >= 4 is 62.4 Å². The van der Waals surface area contributed by atoms with Crippen LogP contribution in [0.5, 0.6) is 5.75 Å². The first-order valence-electron chi connectivity index (χ1n) is 9.50. The Morgan fingerprint density at radius 2 is 1.34 bits per heavy atom. The average Bonchev–Trinajstić information content (AvgIpc) is 2.86. The number of phenolic OH excluding ortho intramolecular Hbond substituents is 1. The molecule has 3 rings (SSSR count). The summed E-state index contributed by atoms with van der Waals surface area (Å²) >= 11 is 12.4. The third-order valence-corrected chi connectivity index (χ3v) is 11.2. The third-order valence-electron chi connectivity index (χ3n) is 4.62. The average molecular weight is 581 g/mol. The molecule has 0 unspecified atom stereocenters. The van der Waals surface area contributed by atoms with Crippen LogP contribution in [0.2, 0.25) is 10.0 Å². The van der Waals surface area contributed by atoms with Crippen molar-refractivity contribution in [1.82, 2.24) is 0 Å². The van der Waals surface area contributed by atoms with Gasteiger partial charge in [-0.05, 0) is 30.3 Å². The lowest BCUT2D eigenvalue weighted by Crippen LogP contribution is -2.30. The van der Waals surface area contributed by atoms with Crippen molar-refractivity contribution < 1.29 is 35.6 Å². The van der Waals surface area contributed by atoms with Gasteiger partial charge in [0.1, 0.15) is 5.02 Å². The molecule has 0 radical (unpaired) electrons. The van der Waals surface area contributed by atoms with Crippen LogP contribution in [-0.2, 0) is 33.7 Å². The number of benzene rings is 3. The molecular formula is C20H19Cl2N2O8PS2. The van der Waals surface area contributed by atoms with Gasteiger partial charge >= 0.3 is 7.75 Å². The minimum absolute atomic E-state index is 0.153. The van der Waals surface area contributed by atoms with Crippen LogP contribution < -0.4 is 8.80 Å². The quantitative estimate of drug-likeness (QED) is 0.263. The van der Waals surface area contributed by atoms with Gasteiger partial charge in [0.25, 0.3) is 20.0 Å². The van der Waals surface area contributed by atoms with Crippen molar-refractivity contribution in [2.75, 3.05) is 23.0 Å². The zero-order valence-electron chi connectivity index (χ0n) is 18.1. The zero-order valence-corrected chi connectivity index (χ0v) is 22.2. The Balaban J connectivity index is 2.29. The Bertz CT molecular complexity index is 1480. The number of hydrogen-bond acceptors (Lipinski definition) is 8. The first-order valence-corrected chi connectivity index (χ1v) is 14.7. The molecule has 0 aliphatic rings. The summed E-state index contributed by atoms with van der Waals surface area (Å²) in [7, 11) is -11.7. The van der Waals surface area contributed by atoms with Crippen LogP contribution in [0.15, 0.2) is 76.5 Å². The lowest BCUT2D eigenvalue weighted by Gasteiger charge is -2.30. The van der Waals surface area contributed by atoms with E-state index in [1.165, 1.54) is 48.5 Å². The van der Waals surface area contributed by atoms with Gasteiger partial charge in [0.2, 0.25) is 0 Å². The van der Waals surface area contributed by atoms with Crippen LogP contribution in [-0.4, -0.2) is 36.2 Å². The summed E-state index contributed by atoms with van der Waals surface area (Å²) in [6.45, 7) is 0. The highest BCUT2D eigenvalue weighted by molar-refractivity contribution is 7.99. The Morgan fingerprint density at radius 1 is 0.857 bits per heavy atom. The standard InChI is InChI=1S/C20H19Cl2N2O8PS2/c1-31-33(26,32-2)24(35(29,30)15-11-7-4-8-12-15)17-13-16(20(25)19(22)18(17)21)23-34(27,28)14-9-5-3-6-10-14/h3-13,23,25H,1-2H3. The van der Waals surface area contributed by atoms with Gasteiger partial charge in [-0.1, -0.05) is 59.6 Å². The van der Waals surface area contributed by atoms with E-state index in [1.807, 2.05) is 0 Å². The molecule has 15 heteroatoms. The van der Waals surface area contributed by atoms with Crippen molar-refractivity contribution in [3.8, 4) is 5.75 Å². The molecule has 0 saturated carbocycles. The van der Waals surface area contributed by atoms with E-state index >= 15 is 0 Å². The van der Waals surface area contributed by atoms with Gasteiger partial charge in [-0.25, -0.2) is 21.4 Å². The second-order valence-corrected chi connectivity index (χ2v) is 13.3. The van der Waals surface area contributed by atoms with Crippen molar-refractivity contribution in [2.45, 2.75) is 9.79 Å². The van der Waals surface area contributed by atoms with E-state index in [2.05, 4.69) is 4.72 Å². The molecule has 2 N–H and O–H groups in total. The largest absolute Gasteiger partial charge is 0.504 e. The highest BCUT2D eigenvalue weighted by atomic mass is 35.5. The summed E-state index contributed by atoms with van der Waals surface area (Å²) in [5.41, 5.74) is -1.11. The fourth-order valence-corrected chi connectivity index (χ4v) is 8.25. The molecule has 188 valence electrons. The molecule has 0 atom stereocenters. The zero-order chi connectivity index (χ0) is 26.0. The molecule has 3 aromatic rings. The molecule has 0 aromatic heterocycles. The molecular weight excluding hydrogens is 562 g/mol. The number of nitrogens with one attached hydrogen (secondary N) is 1. The van der Waals surface area contributed by atoms with Crippen molar-refractivity contribution in [2.24, 2.45) is 0 Å². The summed E-state index contributed by atoms with van der Waals surface area (Å²) in [5.74, 6) is -0.790. The number of nitrogens with zero attached hydrogens (tertiary/aromatic N) is 1. The maximum atomic E-state index is 13.6. The van der Waals surface area contributed by atoms with Gasteiger partial charge in [-0.2, -0.15) is 4.08 Å². The summed E-state index contributed by atoms with van der Waals surface area (Å²) < 4.78 is 78.4. The molecule has 0 heterocycles. The highest BCUT2D eigenvalue weighted by Gasteiger charge is 2.44. The Morgan fingerprint density at radius 3 is 1.83 bits per heavy atom. The van der Waals surface area contributed by atoms with Gasteiger partial charge in [0, 0.05) is 14.2 Å². The van der Waals surface area contributed by atoms with E-state index in [9.17, 15) is 26.5 Å². The van der Waals surface area contributed by atoms with Gasteiger partial charge in [-0.15, -0.1) is 0 Å². The number of rotatable bonds is 9. The molecule has 3 aromatic carbocycles. The number of sulfonamides is 2. The van der Waals surface area contributed by atoms with Crippen LogP contribution in [0.1, 0.15) is 0 Å². The third kappa shape index (κ3) is 5.29. The molecule has 10 nitrogen and oxygen atoms in total. The number of anilines is 2. The monoisotopic (exact) mass is 580 g/mol. The lowest BCUT2D eigenvalue weighted by molar-refractivity contribution is 0.277. The maximum Gasteiger partial charge on any atom is 0.448 e. The number of aromatic hydroxyl groups is 1. The van der Waals surface area contributed by atoms with Crippen molar-refractivity contribution in [3.05, 3.63) is 76.8 Å². The predicted molar refractivity (Wildman–Crippen MR) is 133 cm³/mol. The smallest absolute Gasteiger partial charge is 0.448 e. The first kappa shape index (κ1) is 27.3. The number of halogens is 2. The molecule has 0 aliphatic heterocycles. The summed E-state index contributed by atoms with van der Waals surface area (Å²) in [6.07, 6.45) is 0. The minimum Gasteiger partial charge on any atom is -0.504 e. The minimum atomic E-state index is -4.68. The van der Waals surface area contributed by atoms with Crippen LogP contribution in [0, 0.1) is 0 Å². The molecule has 0 aliphatic carbocycles. The normalized spacial score (nSPS) is 12.3. The first-order chi connectivity index (χ1) is 16.4. The van der Waals surface area contributed by atoms with E-state index in [-0.39, 0.29) is 13.9 Å². The van der Waals surface area contributed by atoms with E-state index < -0.39 is 55.0 Å². The van der Waals surface area contributed by atoms with E-state index in [1.54, 1.807) is 12.1 Å². The van der Waals surface area contributed by atoms with E-state index in [0.29, 0.717) is 0 Å². The second kappa shape index (κ2) is 10.4. The fourth-order valence-electron chi connectivity index (χ4n) is 2.93. The maximum absolute atomic E-state index is 13.6. The Kier molecular flexibility index (Phi) is 8.07. The predicted octanol–water partition coefficient (Wildman–Crippen LogP) is 5.10. The van der Waals surface area contributed by atoms with Crippen LogP contribution in [0.25, 0.3) is 0 Å². The van der Waals surface area contributed by atoms with Gasteiger partial charge < -0.3 is 5.11 Å². The fraction of sp³-hybridized carbons (Fsp3) is 0.100. The van der Waals surface area contributed by atoms with E-state index in [0.717, 1.165) is 20.3 Å². The Hall–Kier alpha value is -2.31. The summed E-state index contributed by atoms with van der Waals surface area (Å²) in [5, 5.41) is 9.32. The van der Waals surface area contributed by atoms with Gasteiger partial charge in [-0.3, -0.25) is 13.8 Å². The molecule has 0 bridgehead atoms. The number of hydrogen-bond donors (Lipinski definition) is 2. The van der Waals surface area contributed by atoms with Crippen LogP contribution in [0.4, 0.5) is 11.4 Å². The Labute approximate surface area is 212 Å². The van der Waals surface area contributed by atoms with E-state index in [4.69, 9.17) is 32.2 Å². The van der Waals surface area contributed by atoms with Crippen LogP contribution in [0.3, 0.4) is 0 Å².